The topological polar surface area (TPSA) is 95.9 Å². The van der Waals surface area contributed by atoms with E-state index >= 15 is 0 Å². The first kappa shape index (κ1) is 14.9. The molecule has 2 amide bonds. The number of nitrogens with one attached hydrogen (secondary N) is 1. The average Bonchev–Trinajstić information content (AvgIpc) is 2.26. The Balaban J connectivity index is 4.46. The second kappa shape index (κ2) is 7.26. The van der Waals surface area contributed by atoms with Crippen molar-refractivity contribution in [3.63, 3.8) is 0 Å². The number of carbonyl (C=O) groups is 3. The standard InChI is InChI=1S/C10H16N2O5/c1-4-5-12(6-8(13)14)10(16)11-7(2)9(15)17-3/h4,7H,1,5-6H2,2-3H3,(H,11,16)(H,13,14). The van der Waals surface area contributed by atoms with Crippen LogP contribution in [0.3, 0.4) is 0 Å². The van der Waals surface area contributed by atoms with Crippen LogP contribution in [-0.4, -0.2) is 54.2 Å². The van der Waals surface area contributed by atoms with Crippen LogP contribution >= 0.6 is 0 Å². The highest BCUT2D eigenvalue weighted by molar-refractivity contribution is 5.85. The summed E-state index contributed by atoms with van der Waals surface area (Å²) in [4.78, 5) is 34.2. The van der Waals surface area contributed by atoms with Gasteiger partial charge < -0.3 is 20.1 Å². The molecule has 17 heavy (non-hydrogen) atoms. The molecule has 0 aromatic heterocycles. The van der Waals surface area contributed by atoms with Crippen molar-refractivity contribution in [2.75, 3.05) is 20.2 Å². The van der Waals surface area contributed by atoms with Crippen molar-refractivity contribution >= 4 is 18.0 Å². The van der Waals surface area contributed by atoms with Crippen molar-refractivity contribution < 1.29 is 24.2 Å². The van der Waals surface area contributed by atoms with Gasteiger partial charge in [0, 0.05) is 6.54 Å². The monoisotopic (exact) mass is 244 g/mol. The molecule has 7 heteroatoms. The molecule has 2 N–H and O–H groups in total. The van der Waals surface area contributed by atoms with Crippen LogP contribution in [0.4, 0.5) is 4.79 Å². The molecule has 0 aliphatic carbocycles. The molecule has 0 aromatic carbocycles. The van der Waals surface area contributed by atoms with E-state index in [1.165, 1.54) is 20.1 Å². The second-order valence-corrected chi connectivity index (χ2v) is 3.26. The van der Waals surface area contributed by atoms with Crippen LogP contribution in [-0.2, 0) is 14.3 Å². The lowest BCUT2D eigenvalue weighted by atomic mass is 10.3. The van der Waals surface area contributed by atoms with Gasteiger partial charge in [-0.3, -0.25) is 4.79 Å². The van der Waals surface area contributed by atoms with Gasteiger partial charge in [0.2, 0.25) is 0 Å². The van der Waals surface area contributed by atoms with Gasteiger partial charge in [-0.25, -0.2) is 9.59 Å². The van der Waals surface area contributed by atoms with Gasteiger partial charge in [0.1, 0.15) is 12.6 Å². The minimum Gasteiger partial charge on any atom is -0.480 e. The average molecular weight is 244 g/mol. The Labute approximate surface area is 99.0 Å². The van der Waals surface area contributed by atoms with Crippen LogP contribution in [0.1, 0.15) is 6.92 Å². The van der Waals surface area contributed by atoms with Crippen molar-refractivity contribution in [1.82, 2.24) is 10.2 Å². The summed E-state index contributed by atoms with van der Waals surface area (Å²) < 4.78 is 4.43. The van der Waals surface area contributed by atoms with E-state index in [1.807, 2.05) is 0 Å². The largest absolute Gasteiger partial charge is 0.480 e. The number of esters is 1. The molecule has 0 rings (SSSR count). The number of amides is 2. The van der Waals surface area contributed by atoms with E-state index in [2.05, 4.69) is 16.6 Å². The number of hydrogen-bond donors (Lipinski definition) is 2. The van der Waals surface area contributed by atoms with Gasteiger partial charge in [0.25, 0.3) is 0 Å². The molecular weight excluding hydrogens is 228 g/mol. The zero-order chi connectivity index (χ0) is 13.4. The van der Waals surface area contributed by atoms with Crippen molar-refractivity contribution in [3.05, 3.63) is 12.7 Å². The van der Waals surface area contributed by atoms with Crippen LogP contribution in [0.5, 0.6) is 0 Å². The summed E-state index contributed by atoms with van der Waals surface area (Å²) in [6, 6.07) is -1.50. The van der Waals surface area contributed by atoms with Gasteiger partial charge in [-0.05, 0) is 6.92 Å². The van der Waals surface area contributed by atoms with E-state index in [0.717, 1.165) is 4.90 Å². The van der Waals surface area contributed by atoms with Crippen molar-refractivity contribution in [3.8, 4) is 0 Å². The molecule has 0 spiro atoms. The quantitative estimate of drug-likeness (QED) is 0.499. The molecule has 0 aliphatic rings. The maximum Gasteiger partial charge on any atom is 0.328 e. The third-order valence-electron chi connectivity index (χ3n) is 1.86. The van der Waals surface area contributed by atoms with Gasteiger partial charge in [-0.15, -0.1) is 6.58 Å². The zero-order valence-electron chi connectivity index (χ0n) is 9.80. The number of hydrogen-bond acceptors (Lipinski definition) is 4. The Kier molecular flexibility index (Phi) is 6.39. The molecule has 0 aliphatic heterocycles. The lowest BCUT2D eigenvalue weighted by Gasteiger charge is -2.21. The maximum absolute atomic E-state index is 11.6. The van der Waals surface area contributed by atoms with Crippen LogP contribution in [0, 0.1) is 0 Å². The molecule has 0 radical (unpaired) electrons. The van der Waals surface area contributed by atoms with Gasteiger partial charge in [-0.1, -0.05) is 6.08 Å². The normalized spacial score (nSPS) is 11.2. The van der Waals surface area contributed by atoms with Crippen molar-refractivity contribution in [2.24, 2.45) is 0 Å². The highest BCUT2D eigenvalue weighted by atomic mass is 16.5. The Morgan fingerprint density at radius 1 is 1.53 bits per heavy atom. The Morgan fingerprint density at radius 3 is 2.53 bits per heavy atom. The van der Waals surface area contributed by atoms with E-state index < -0.39 is 30.6 Å². The Bertz CT molecular complexity index is 316. The third kappa shape index (κ3) is 5.55. The minimum absolute atomic E-state index is 0.0754. The number of aliphatic carboxylic acids is 1. The molecule has 1 atom stereocenters. The molecule has 0 bridgehead atoms. The highest BCUT2D eigenvalue weighted by Crippen LogP contribution is 1.94. The maximum atomic E-state index is 11.6. The molecule has 0 fully saturated rings. The van der Waals surface area contributed by atoms with Gasteiger partial charge in [0.15, 0.2) is 0 Å². The van der Waals surface area contributed by atoms with Gasteiger partial charge in [-0.2, -0.15) is 0 Å². The number of carboxylic acids is 1. The van der Waals surface area contributed by atoms with E-state index in [1.54, 1.807) is 0 Å². The van der Waals surface area contributed by atoms with E-state index in [-0.39, 0.29) is 6.54 Å². The molecule has 0 heterocycles. The fraction of sp³-hybridized carbons (Fsp3) is 0.500. The number of urea groups is 1. The summed E-state index contributed by atoms with van der Waals surface area (Å²) in [5.41, 5.74) is 0. The lowest BCUT2D eigenvalue weighted by Crippen LogP contribution is -2.48. The molecule has 0 saturated carbocycles. The number of methoxy groups -OCH3 is 1. The molecule has 0 saturated heterocycles. The Hall–Kier alpha value is -2.05. The Morgan fingerprint density at radius 2 is 2.12 bits per heavy atom. The second-order valence-electron chi connectivity index (χ2n) is 3.26. The van der Waals surface area contributed by atoms with E-state index in [0.29, 0.717) is 0 Å². The first-order chi connectivity index (χ1) is 7.92. The van der Waals surface area contributed by atoms with Crippen LogP contribution in [0.2, 0.25) is 0 Å². The number of nitrogens with zero attached hydrogens (tertiary/aromatic N) is 1. The molecule has 1 unspecified atom stereocenters. The number of rotatable bonds is 6. The number of carbonyl (C=O) groups excluding carboxylic acids is 2. The van der Waals surface area contributed by atoms with Crippen LogP contribution in [0.15, 0.2) is 12.7 Å². The van der Waals surface area contributed by atoms with Crippen LogP contribution in [0.25, 0.3) is 0 Å². The first-order valence-electron chi connectivity index (χ1n) is 4.88. The number of ether oxygens (including phenoxy) is 1. The molecular formula is C10H16N2O5. The van der Waals surface area contributed by atoms with Crippen molar-refractivity contribution in [1.29, 1.82) is 0 Å². The molecule has 0 aromatic rings. The summed E-state index contributed by atoms with van der Waals surface area (Å²) in [6.07, 6.45) is 1.39. The van der Waals surface area contributed by atoms with E-state index in [9.17, 15) is 14.4 Å². The number of carboxylic acid groups (broad SMARTS) is 1. The minimum atomic E-state index is -1.15. The summed E-state index contributed by atoms with van der Waals surface area (Å²) in [5, 5.41) is 10.9. The first-order valence-corrected chi connectivity index (χ1v) is 4.88. The predicted octanol–water partition coefficient (Wildman–Crippen LogP) is -0.170. The summed E-state index contributed by atoms with van der Waals surface area (Å²) in [7, 11) is 1.20. The summed E-state index contributed by atoms with van der Waals surface area (Å²) in [6.45, 7) is 4.46. The van der Waals surface area contributed by atoms with Crippen LogP contribution < -0.4 is 5.32 Å². The smallest absolute Gasteiger partial charge is 0.328 e. The fourth-order valence-electron chi connectivity index (χ4n) is 1.05. The highest BCUT2D eigenvalue weighted by Gasteiger charge is 2.20. The SMILES string of the molecule is C=CCN(CC(=O)O)C(=O)NC(C)C(=O)OC. The summed E-state index contributed by atoms with van der Waals surface area (Å²) >= 11 is 0. The molecule has 7 nitrogen and oxygen atoms in total. The fourth-order valence-corrected chi connectivity index (χ4v) is 1.05. The van der Waals surface area contributed by atoms with Crippen molar-refractivity contribution in [2.45, 2.75) is 13.0 Å². The molecule has 96 valence electrons. The van der Waals surface area contributed by atoms with Gasteiger partial charge >= 0.3 is 18.0 Å². The van der Waals surface area contributed by atoms with E-state index in [4.69, 9.17) is 5.11 Å². The van der Waals surface area contributed by atoms with Gasteiger partial charge in [0.05, 0.1) is 7.11 Å². The lowest BCUT2D eigenvalue weighted by molar-refractivity contribution is -0.142. The zero-order valence-corrected chi connectivity index (χ0v) is 9.80. The third-order valence-corrected chi connectivity index (χ3v) is 1.86. The predicted molar refractivity (Wildman–Crippen MR) is 59.4 cm³/mol. The summed E-state index contributed by atoms with van der Waals surface area (Å²) in [5.74, 6) is -1.75.